The Hall–Kier alpha value is -1.59. The first-order valence-corrected chi connectivity index (χ1v) is 5.36. The largest absolute Gasteiger partial charge is 0.478 e. The molecule has 0 saturated heterocycles. The number of carbonyl (C=O) groups is 1. The molecule has 0 bridgehead atoms. The van der Waals surface area contributed by atoms with E-state index in [1.807, 2.05) is 0 Å². The first kappa shape index (κ1) is 11.9. The van der Waals surface area contributed by atoms with Crippen molar-refractivity contribution in [1.29, 1.82) is 0 Å². The molecule has 2 rings (SSSR count). The lowest BCUT2D eigenvalue weighted by Gasteiger charge is -2.04. The molecule has 2 heterocycles. The van der Waals surface area contributed by atoms with Crippen LogP contribution >= 0.6 is 23.2 Å². The van der Waals surface area contributed by atoms with Gasteiger partial charge in [0.2, 0.25) is 0 Å². The first-order valence-electron chi connectivity index (χ1n) is 4.60. The summed E-state index contributed by atoms with van der Waals surface area (Å²) >= 11 is 11.8. The molecule has 0 amide bonds. The SMILES string of the molecule is Cc1nn(-c2nccc(C(=O)O)c2Cl)cc1Cl. The summed E-state index contributed by atoms with van der Waals surface area (Å²) < 4.78 is 1.35. The van der Waals surface area contributed by atoms with Crippen LogP contribution in [0.1, 0.15) is 16.1 Å². The average molecular weight is 272 g/mol. The summed E-state index contributed by atoms with van der Waals surface area (Å²) in [7, 11) is 0. The minimum Gasteiger partial charge on any atom is -0.478 e. The van der Waals surface area contributed by atoms with E-state index in [4.69, 9.17) is 28.3 Å². The van der Waals surface area contributed by atoms with Crippen LogP contribution in [0.15, 0.2) is 18.5 Å². The Morgan fingerprint density at radius 1 is 1.47 bits per heavy atom. The van der Waals surface area contributed by atoms with E-state index in [1.54, 1.807) is 6.92 Å². The molecule has 5 nitrogen and oxygen atoms in total. The molecule has 0 saturated carbocycles. The molecular weight excluding hydrogens is 265 g/mol. The molecule has 0 atom stereocenters. The molecule has 0 unspecified atom stereocenters. The number of hydrogen-bond donors (Lipinski definition) is 1. The molecule has 1 N–H and O–H groups in total. The van der Waals surface area contributed by atoms with E-state index in [-0.39, 0.29) is 16.4 Å². The number of carboxylic acids is 1. The third-order valence-electron chi connectivity index (χ3n) is 2.16. The smallest absolute Gasteiger partial charge is 0.337 e. The van der Waals surface area contributed by atoms with Gasteiger partial charge in [0.05, 0.1) is 27.5 Å². The van der Waals surface area contributed by atoms with Gasteiger partial charge in [-0.05, 0) is 13.0 Å². The summed E-state index contributed by atoms with van der Waals surface area (Å²) in [5.74, 6) is -0.879. The van der Waals surface area contributed by atoms with Crippen LogP contribution < -0.4 is 0 Å². The summed E-state index contributed by atoms with van der Waals surface area (Å²) in [6.07, 6.45) is 2.88. The molecule has 0 spiro atoms. The highest BCUT2D eigenvalue weighted by Crippen LogP contribution is 2.24. The van der Waals surface area contributed by atoms with Gasteiger partial charge in [0, 0.05) is 6.20 Å². The van der Waals surface area contributed by atoms with Crippen LogP contribution in [0.2, 0.25) is 10.0 Å². The van der Waals surface area contributed by atoms with Crippen LogP contribution in [0.4, 0.5) is 0 Å². The lowest BCUT2D eigenvalue weighted by Crippen LogP contribution is -2.05. The molecule has 2 aromatic rings. The number of aromatic carboxylic acids is 1. The third kappa shape index (κ3) is 2.11. The van der Waals surface area contributed by atoms with Crippen molar-refractivity contribution in [1.82, 2.24) is 14.8 Å². The van der Waals surface area contributed by atoms with Gasteiger partial charge in [-0.3, -0.25) is 0 Å². The van der Waals surface area contributed by atoms with Crippen molar-refractivity contribution in [2.45, 2.75) is 6.92 Å². The van der Waals surface area contributed by atoms with Crippen molar-refractivity contribution in [2.75, 3.05) is 0 Å². The Labute approximate surface area is 107 Å². The zero-order chi connectivity index (χ0) is 12.6. The second-order valence-corrected chi connectivity index (χ2v) is 4.09. The summed E-state index contributed by atoms with van der Waals surface area (Å²) in [6, 6.07) is 1.33. The molecule has 0 aromatic carbocycles. The maximum atomic E-state index is 10.9. The highest BCUT2D eigenvalue weighted by Gasteiger charge is 2.15. The zero-order valence-electron chi connectivity index (χ0n) is 8.69. The number of aromatic nitrogens is 3. The maximum absolute atomic E-state index is 10.9. The Kier molecular flexibility index (Phi) is 3.04. The second-order valence-electron chi connectivity index (χ2n) is 3.31. The van der Waals surface area contributed by atoms with Crippen molar-refractivity contribution >= 4 is 29.2 Å². The number of hydrogen-bond acceptors (Lipinski definition) is 3. The Morgan fingerprint density at radius 2 is 2.18 bits per heavy atom. The molecular formula is C10H7Cl2N3O2. The Morgan fingerprint density at radius 3 is 2.71 bits per heavy atom. The van der Waals surface area contributed by atoms with Gasteiger partial charge < -0.3 is 5.11 Å². The van der Waals surface area contributed by atoms with E-state index in [9.17, 15) is 4.79 Å². The minimum atomic E-state index is -1.12. The van der Waals surface area contributed by atoms with Crippen LogP contribution in [0.3, 0.4) is 0 Å². The molecule has 0 aliphatic rings. The number of pyridine rings is 1. The predicted octanol–water partition coefficient (Wildman–Crippen LogP) is 2.58. The fourth-order valence-corrected chi connectivity index (χ4v) is 1.71. The van der Waals surface area contributed by atoms with Gasteiger partial charge in [-0.2, -0.15) is 5.10 Å². The Bertz CT molecular complexity index is 576. The molecule has 0 fully saturated rings. The maximum Gasteiger partial charge on any atom is 0.337 e. The third-order valence-corrected chi connectivity index (χ3v) is 2.90. The number of nitrogens with zero attached hydrogens (tertiary/aromatic N) is 3. The molecule has 2 aromatic heterocycles. The monoisotopic (exact) mass is 271 g/mol. The highest BCUT2D eigenvalue weighted by atomic mass is 35.5. The quantitative estimate of drug-likeness (QED) is 0.912. The van der Waals surface area contributed by atoms with Crippen LogP contribution in [0.5, 0.6) is 0 Å². The van der Waals surface area contributed by atoms with Gasteiger partial charge in [-0.1, -0.05) is 23.2 Å². The van der Waals surface area contributed by atoms with Gasteiger partial charge in [0.1, 0.15) is 0 Å². The molecule has 88 valence electrons. The van der Waals surface area contributed by atoms with Crippen molar-refractivity contribution in [3.8, 4) is 5.82 Å². The number of aryl methyl sites for hydroxylation is 1. The molecule has 17 heavy (non-hydrogen) atoms. The summed E-state index contributed by atoms with van der Waals surface area (Å²) in [5, 5.41) is 13.5. The van der Waals surface area contributed by atoms with Gasteiger partial charge in [0.25, 0.3) is 0 Å². The lowest BCUT2D eigenvalue weighted by atomic mass is 10.2. The molecule has 0 aliphatic carbocycles. The van der Waals surface area contributed by atoms with E-state index in [2.05, 4.69) is 10.1 Å². The van der Waals surface area contributed by atoms with E-state index >= 15 is 0 Å². The van der Waals surface area contributed by atoms with Crippen LogP contribution in [-0.4, -0.2) is 25.8 Å². The standard InChI is InChI=1S/C10H7Cl2N3O2/c1-5-7(11)4-15(14-5)9-8(12)6(10(16)17)2-3-13-9/h2-4H,1H3,(H,16,17). The van der Waals surface area contributed by atoms with Crippen LogP contribution in [0.25, 0.3) is 5.82 Å². The number of rotatable bonds is 2. The van der Waals surface area contributed by atoms with Crippen molar-refractivity contribution in [2.24, 2.45) is 0 Å². The highest BCUT2D eigenvalue weighted by molar-refractivity contribution is 6.35. The molecule has 0 radical (unpaired) electrons. The van der Waals surface area contributed by atoms with Crippen molar-refractivity contribution in [3.63, 3.8) is 0 Å². The van der Waals surface area contributed by atoms with Crippen molar-refractivity contribution < 1.29 is 9.90 Å². The molecule has 0 aliphatic heterocycles. The average Bonchev–Trinajstić information content (AvgIpc) is 2.59. The fraction of sp³-hybridized carbons (Fsp3) is 0.100. The summed E-state index contributed by atoms with van der Waals surface area (Å²) in [6.45, 7) is 1.73. The lowest BCUT2D eigenvalue weighted by molar-refractivity contribution is 0.0697. The second kappa shape index (κ2) is 4.35. The van der Waals surface area contributed by atoms with Gasteiger partial charge in [0.15, 0.2) is 5.82 Å². The van der Waals surface area contributed by atoms with Gasteiger partial charge in [-0.15, -0.1) is 0 Å². The van der Waals surface area contributed by atoms with Gasteiger partial charge >= 0.3 is 5.97 Å². The zero-order valence-corrected chi connectivity index (χ0v) is 10.2. The van der Waals surface area contributed by atoms with E-state index in [0.29, 0.717) is 10.7 Å². The summed E-state index contributed by atoms with van der Waals surface area (Å²) in [5.41, 5.74) is 0.589. The minimum absolute atomic E-state index is 0.0269. The fourth-order valence-electron chi connectivity index (χ4n) is 1.31. The Balaban J connectivity index is 2.60. The van der Waals surface area contributed by atoms with E-state index in [0.717, 1.165) is 0 Å². The van der Waals surface area contributed by atoms with Crippen LogP contribution in [0, 0.1) is 6.92 Å². The van der Waals surface area contributed by atoms with Gasteiger partial charge in [-0.25, -0.2) is 14.5 Å². The first-order chi connectivity index (χ1) is 8.00. The van der Waals surface area contributed by atoms with E-state index in [1.165, 1.54) is 23.1 Å². The topological polar surface area (TPSA) is 68.0 Å². The summed E-state index contributed by atoms with van der Waals surface area (Å²) in [4.78, 5) is 14.9. The van der Waals surface area contributed by atoms with E-state index < -0.39 is 5.97 Å². The molecule has 7 heteroatoms. The predicted molar refractivity (Wildman–Crippen MR) is 63.1 cm³/mol. The van der Waals surface area contributed by atoms with Crippen molar-refractivity contribution in [3.05, 3.63) is 39.8 Å². The number of halogens is 2. The normalized spacial score (nSPS) is 10.5. The van der Waals surface area contributed by atoms with Crippen LogP contribution in [-0.2, 0) is 0 Å². The number of carboxylic acid groups (broad SMARTS) is 1.